The predicted molar refractivity (Wildman–Crippen MR) is 45.3 cm³/mol. The molecule has 0 aromatic carbocycles. The Bertz CT molecular complexity index is 110. The highest BCUT2D eigenvalue weighted by Gasteiger charge is 2.15. The third-order valence-corrected chi connectivity index (χ3v) is 1.93. The van der Waals surface area contributed by atoms with Gasteiger partial charge in [-0.1, -0.05) is 26.7 Å². The highest BCUT2D eigenvalue weighted by molar-refractivity contribution is 5.72. The molecule has 66 valence electrons. The Labute approximate surface area is 68.9 Å². The first-order valence-electron chi connectivity index (χ1n) is 4.34. The van der Waals surface area contributed by atoms with Crippen LogP contribution in [0.1, 0.15) is 39.5 Å². The van der Waals surface area contributed by atoms with Crippen molar-refractivity contribution >= 4 is 5.97 Å². The lowest BCUT2D eigenvalue weighted by Crippen LogP contribution is -2.14. The fourth-order valence-corrected chi connectivity index (χ4v) is 1.11. The molecule has 11 heavy (non-hydrogen) atoms. The lowest BCUT2D eigenvalue weighted by Gasteiger charge is -2.10. The highest BCUT2D eigenvalue weighted by atomic mass is 16.5. The summed E-state index contributed by atoms with van der Waals surface area (Å²) in [5.74, 6) is 0.0703. The van der Waals surface area contributed by atoms with Crippen LogP contribution in [0, 0.1) is 5.92 Å². The van der Waals surface area contributed by atoms with Crippen molar-refractivity contribution in [2.75, 3.05) is 7.11 Å². The molecule has 0 saturated heterocycles. The van der Waals surface area contributed by atoms with E-state index in [9.17, 15) is 4.79 Å². The van der Waals surface area contributed by atoms with Crippen LogP contribution in [0.15, 0.2) is 0 Å². The number of ether oxygens (including phenoxy) is 1. The van der Waals surface area contributed by atoms with Crippen LogP contribution in [0.3, 0.4) is 0 Å². The largest absolute Gasteiger partial charge is 0.469 e. The minimum Gasteiger partial charge on any atom is -0.469 e. The van der Waals surface area contributed by atoms with Crippen LogP contribution in [0.4, 0.5) is 0 Å². The molecular formula is C9H18O2. The van der Waals surface area contributed by atoms with Crippen molar-refractivity contribution < 1.29 is 9.53 Å². The van der Waals surface area contributed by atoms with Crippen molar-refractivity contribution in [3.8, 4) is 0 Å². The van der Waals surface area contributed by atoms with Gasteiger partial charge >= 0.3 is 5.97 Å². The Morgan fingerprint density at radius 1 is 1.45 bits per heavy atom. The lowest BCUT2D eigenvalue weighted by atomic mass is 10.00. The third kappa shape index (κ3) is 4.02. The van der Waals surface area contributed by atoms with E-state index in [2.05, 4.69) is 11.7 Å². The first-order chi connectivity index (χ1) is 5.26. The van der Waals surface area contributed by atoms with E-state index in [0.717, 1.165) is 25.7 Å². The average Bonchev–Trinajstić information content (AvgIpc) is 2.05. The van der Waals surface area contributed by atoms with Crippen molar-refractivity contribution in [3.05, 3.63) is 0 Å². The van der Waals surface area contributed by atoms with Crippen molar-refractivity contribution in [2.24, 2.45) is 5.92 Å². The second-order valence-electron chi connectivity index (χ2n) is 2.77. The van der Waals surface area contributed by atoms with Gasteiger partial charge in [-0.3, -0.25) is 4.79 Å². The SMILES string of the molecule is CCCC[C@H](CC)C(=O)OC. The van der Waals surface area contributed by atoms with E-state index in [0.29, 0.717) is 0 Å². The standard InChI is InChI=1S/C9H18O2/c1-4-6-7-8(5-2)9(10)11-3/h8H,4-7H2,1-3H3/t8-/m0/s1. The molecule has 2 nitrogen and oxygen atoms in total. The van der Waals surface area contributed by atoms with Crippen molar-refractivity contribution in [3.63, 3.8) is 0 Å². The molecular weight excluding hydrogens is 140 g/mol. The van der Waals surface area contributed by atoms with Crippen LogP contribution in [0.5, 0.6) is 0 Å². The molecule has 0 unspecified atom stereocenters. The number of methoxy groups -OCH3 is 1. The minimum absolute atomic E-state index is 0.0547. The third-order valence-electron chi connectivity index (χ3n) is 1.93. The Hall–Kier alpha value is -0.530. The van der Waals surface area contributed by atoms with E-state index in [1.807, 2.05) is 6.92 Å². The first kappa shape index (κ1) is 10.5. The zero-order valence-corrected chi connectivity index (χ0v) is 7.72. The maximum atomic E-state index is 11.0. The fourth-order valence-electron chi connectivity index (χ4n) is 1.11. The molecule has 0 aromatic heterocycles. The van der Waals surface area contributed by atoms with Crippen LogP contribution < -0.4 is 0 Å². The lowest BCUT2D eigenvalue weighted by molar-refractivity contribution is -0.145. The van der Waals surface area contributed by atoms with E-state index in [1.165, 1.54) is 7.11 Å². The number of unbranched alkanes of at least 4 members (excludes halogenated alkanes) is 1. The second-order valence-corrected chi connectivity index (χ2v) is 2.77. The molecule has 0 N–H and O–H groups in total. The van der Waals surface area contributed by atoms with E-state index in [1.54, 1.807) is 0 Å². The van der Waals surface area contributed by atoms with Crippen molar-refractivity contribution in [1.29, 1.82) is 0 Å². The average molecular weight is 158 g/mol. The van der Waals surface area contributed by atoms with Gasteiger partial charge in [0.2, 0.25) is 0 Å². The number of esters is 1. The summed E-state index contributed by atoms with van der Waals surface area (Å²) in [7, 11) is 1.46. The van der Waals surface area contributed by atoms with Crippen LogP contribution in [0.25, 0.3) is 0 Å². The molecule has 0 spiro atoms. The maximum Gasteiger partial charge on any atom is 0.308 e. The second kappa shape index (κ2) is 6.20. The number of carbonyl (C=O) groups excluding carboxylic acids is 1. The zero-order valence-electron chi connectivity index (χ0n) is 7.72. The molecule has 0 saturated carbocycles. The molecule has 1 atom stereocenters. The highest BCUT2D eigenvalue weighted by Crippen LogP contribution is 2.13. The summed E-state index contributed by atoms with van der Waals surface area (Å²) in [4.78, 5) is 11.0. The molecule has 0 radical (unpaired) electrons. The Morgan fingerprint density at radius 2 is 2.09 bits per heavy atom. The normalized spacial score (nSPS) is 12.6. The van der Waals surface area contributed by atoms with Gasteiger partial charge < -0.3 is 4.74 Å². The van der Waals surface area contributed by atoms with Gasteiger partial charge in [0.25, 0.3) is 0 Å². The molecule has 0 amide bonds. The van der Waals surface area contributed by atoms with Gasteiger partial charge in [0, 0.05) is 0 Å². The predicted octanol–water partition coefficient (Wildman–Crippen LogP) is 2.38. The zero-order chi connectivity index (χ0) is 8.69. The molecule has 0 bridgehead atoms. The minimum atomic E-state index is -0.0547. The van der Waals surface area contributed by atoms with Crippen LogP contribution in [-0.2, 0) is 9.53 Å². The molecule has 0 rings (SSSR count). The Balaban J connectivity index is 3.65. The number of rotatable bonds is 5. The van der Waals surface area contributed by atoms with Gasteiger partial charge in [-0.2, -0.15) is 0 Å². The van der Waals surface area contributed by atoms with Crippen LogP contribution in [-0.4, -0.2) is 13.1 Å². The number of hydrogen-bond acceptors (Lipinski definition) is 2. The summed E-state index contributed by atoms with van der Waals surface area (Å²) in [5.41, 5.74) is 0. The summed E-state index contributed by atoms with van der Waals surface area (Å²) in [5, 5.41) is 0. The smallest absolute Gasteiger partial charge is 0.308 e. The molecule has 0 aliphatic rings. The van der Waals surface area contributed by atoms with Gasteiger partial charge in [-0.25, -0.2) is 0 Å². The van der Waals surface area contributed by atoms with Crippen LogP contribution in [0.2, 0.25) is 0 Å². The van der Waals surface area contributed by atoms with E-state index < -0.39 is 0 Å². The summed E-state index contributed by atoms with van der Waals surface area (Å²) in [6, 6.07) is 0. The monoisotopic (exact) mass is 158 g/mol. The maximum absolute atomic E-state index is 11.0. The summed E-state index contributed by atoms with van der Waals surface area (Å²) < 4.78 is 4.66. The van der Waals surface area contributed by atoms with E-state index >= 15 is 0 Å². The van der Waals surface area contributed by atoms with Gasteiger partial charge in [-0.15, -0.1) is 0 Å². The summed E-state index contributed by atoms with van der Waals surface area (Å²) in [6.07, 6.45) is 4.13. The van der Waals surface area contributed by atoms with Gasteiger partial charge in [0.1, 0.15) is 0 Å². The van der Waals surface area contributed by atoms with Gasteiger partial charge in [0.05, 0.1) is 13.0 Å². The van der Waals surface area contributed by atoms with Gasteiger partial charge in [-0.05, 0) is 12.8 Å². The topological polar surface area (TPSA) is 26.3 Å². The summed E-state index contributed by atoms with van der Waals surface area (Å²) in [6.45, 7) is 4.15. The van der Waals surface area contributed by atoms with E-state index in [4.69, 9.17) is 0 Å². The molecule has 0 aliphatic carbocycles. The molecule has 0 aromatic rings. The van der Waals surface area contributed by atoms with Gasteiger partial charge in [0.15, 0.2) is 0 Å². The molecule has 0 heterocycles. The quantitative estimate of drug-likeness (QED) is 0.574. The molecule has 0 aliphatic heterocycles. The summed E-state index contributed by atoms with van der Waals surface area (Å²) >= 11 is 0. The fraction of sp³-hybridized carbons (Fsp3) is 0.889. The van der Waals surface area contributed by atoms with Crippen molar-refractivity contribution in [1.82, 2.24) is 0 Å². The van der Waals surface area contributed by atoms with E-state index in [-0.39, 0.29) is 11.9 Å². The van der Waals surface area contributed by atoms with Crippen molar-refractivity contribution in [2.45, 2.75) is 39.5 Å². The molecule has 2 heteroatoms. The number of hydrogen-bond donors (Lipinski definition) is 0. The number of carbonyl (C=O) groups is 1. The van der Waals surface area contributed by atoms with Crippen LogP contribution >= 0.6 is 0 Å². The first-order valence-corrected chi connectivity index (χ1v) is 4.34. The Morgan fingerprint density at radius 3 is 2.45 bits per heavy atom. The Kier molecular flexibility index (Phi) is 5.90. The molecule has 0 fully saturated rings.